The van der Waals surface area contributed by atoms with Crippen molar-refractivity contribution in [2.45, 2.75) is 19.8 Å². The van der Waals surface area contributed by atoms with Gasteiger partial charge >= 0.3 is 0 Å². The first kappa shape index (κ1) is 20.3. The van der Waals surface area contributed by atoms with Gasteiger partial charge in [0, 0.05) is 61.1 Å². The molecule has 32 heavy (non-hydrogen) atoms. The number of pyridine rings is 2. The van der Waals surface area contributed by atoms with E-state index in [-0.39, 0.29) is 0 Å². The number of aliphatic imine (C=N–C) groups is 1. The van der Waals surface area contributed by atoms with Crippen LogP contribution in [0.2, 0.25) is 0 Å². The highest BCUT2D eigenvalue weighted by atomic mass is 15.2. The number of allylic oxidation sites excluding steroid dienone is 1. The average Bonchev–Trinajstić information content (AvgIpc) is 3.49. The number of anilines is 1. The van der Waals surface area contributed by atoms with Crippen molar-refractivity contribution < 1.29 is 0 Å². The van der Waals surface area contributed by atoms with Crippen molar-refractivity contribution >= 4 is 23.2 Å². The Bertz CT molecular complexity index is 1230. The van der Waals surface area contributed by atoms with Gasteiger partial charge in [0.25, 0.3) is 0 Å². The lowest BCUT2D eigenvalue weighted by molar-refractivity contribution is 0.494. The summed E-state index contributed by atoms with van der Waals surface area (Å²) < 4.78 is 1.71. The second-order valence-electron chi connectivity index (χ2n) is 9.04. The van der Waals surface area contributed by atoms with Gasteiger partial charge in [-0.15, -0.1) is 0 Å². The lowest BCUT2D eigenvalue weighted by atomic mass is 10.0. The molecule has 0 amide bonds. The summed E-state index contributed by atoms with van der Waals surface area (Å²) >= 11 is 0. The summed E-state index contributed by atoms with van der Waals surface area (Å²) in [5.41, 5.74) is 10.7. The summed E-state index contributed by atoms with van der Waals surface area (Å²) in [6, 6.07) is 8.41. The molecule has 2 aliphatic rings. The molecule has 3 aromatic rings. The van der Waals surface area contributed by atoms with Crippen LogP contribution in [0.3, 0.4) is 0 Å². The fraction of sp³-hybridized carbons (Fsp3) is 0.360. The SMILES string of the molecule is CN=CC=C(N)c1cc(-c2ccc(N3C[C@H]4CC(C)C[C@H]4C3)nc2)c2c(C#N)cnn2c1. The van der Waals surface area contributed by atoms with E-state index in [1.54, 1.807) is 30.1 Å². The number of hydrogen-bond donors (Lipinski definition) is 1. The maximum atomic E-state index is 9.60. The van der Waals surface area contributed by atoms with E-state index in [0.29, 0.717) is 11.3 Å². The van der Waals surface area contributed by atoms with Crippen molar-refractivity contribution in [1.82, 2.24) is 14.6 Å². The van der Waals surface area contributed by atoms with Gasteiger partial charge in [-0.2, -0.15) is 10.4 Å². The van der Waals surface area contributed by atoms with E-state index in [4.69, 9.17) is 10.7 Å². The Morgan fingerprint density at radius 3 is 2.69 bits per heavy atom. The first-order chi connectivity index (χ1) is 15.6. The Morgan fingerprint density at radius 1 is 1.25 bits per heavy atom. The highest BCUT2D eigenvalue weighted by molar-refractivity contribution is 5.89. The van der Waals surface area contributed by atoms with Crippen LogP contribution in [0.15, 0.2) is 47.9 Å². The molecular weight excluding hydrogens is 398 g/mol. The fourth-order valence-electron chi connectivity index (χ4n) is 5.35. The van der Waals surface area contributed by atoms with E-state index < -0.39 is 0 Å². The number of hydrogen-bond acceptors (Lipinski definition) is 6. The highest BCUT2D eigenvalue weighted by Crippen LogP contribution is 2.42. The number of fused-ring (bicyclic) bond motifs is 2. The van der Waals surface area contributed by atoms with Crippen LogP contribution >= 0.6 is 0 Å². The Labute approximate surface area is 187 Å². The van der Waals surface area contributed by atoms with Gasteiger partial charge in [-0.05, 0) is 54.9 Å². The van der Waals surface area contributed by atoms with E-state index in [9.17, 15) is 5.26 Å². The third-order valence-corrected chi connectivity index (χ3v) is 6.84. The van der Waals surface area contributed by atoms with Crippen LogP contribution in [0, 0.1) is 29.1 Å². The maximum Gasteiger partial charge on any atom is 0.128 e. The third kappa shape index (κ3) is 3.52. The summed E-state index contributed by atoms with van der Waals surface area (Å²) in [7, 11) is 1.70. The van der Waals surface area contributed by atoms with Crippen molar-refractivity contribution in [2.24, 2.45) is 28.5 Å². The summed E-state index contributed by atoms with van der Waals surface area (Å²) in [5.74, 6) is 3.48. The monoisotopic (exact) mass is 425 g/mol. The second-order valence-corrected chi connectivity index (χ2v) is 9.04. The zero-order valence-corrected chi connectivity index (χ0v) is 18.4. The van der Waals surface area contributed by atoms with Gasteiger partial charge in [-0.3, -0.25) is 4.99 Å². The maximum absolute atomic E-state index is 9.60. The largest absolute Gasteiger partial charge is 0.398 e. The molecule has 1 aliphatic heterocycles. The number of nitrogens with zero attached hydrogens (tertiary/aromatic N) is 6. The number of nitrogens with two attached hydrogens (primary N) is 1. The molecule has 3 aromatic heterocycles. The molecular formula is C25H27N7. The molecule has 162 valence electrons. The average molecular weight is 426 g/mol. The normalized spacial score (nSPS) is 23.2. The predicted octanol–water partition coefficient (Wildman–Crippen LogP) is 3.75. The molecule has 7 nitrogen and oxygen atoms in total. The van der Waals surface area contributed by atoms with Crippen LogP contribution < -0.4 is 10.6 Å². The van der Waals surface area contributed by atoms with E-state index in [0.717, 1.165) is 58.9 Å². The first-order valence-corrected chi connectivity index (χ1v) is 11.1. The Kier molecular flexibility index (Phi) is 5.14. The highest BCUT2D eigenvalue weighted by Gasteiger charge is 2.39. The minimum atomic E-state index is 0.523. The van der Waals surface area contributed by atoms with Gasteiger partial charge < -0.3 is 10.6 Å². The second kappa shape index (κ2) is 8.12. The van der Waals surface area contributed by atoms with Gasteiger partial charge in [-0.1, -0.05) is 6.92 Å². The Morgan fingerprint density at radius 2 is 2.03 bits per heavy atom. The minimum absolute atomic E-state index is 0.523. The van der Waals surface area contributed by atoms with Crippen molar-refractivity contribution in [3.63, 3.8) is 0 Å². The van der Waals surface area contributed by atoms with Gasteiger partial charge in [0.1, 0.15) is 11.9 Å². The third-order valence-electron chi connectivity index (χ3n) is 6.84. The molecule has 1 saturated heterocycles. The zero-order chi connectivity index (χ0) is 22.2. The van der Waals surface area contributed by atoms with E-state index in [2.05, 4.69) is 40.1 Å². The van der Waals surface area contributed by atoms with Crippen molar-refractivity contribution in [3.05, 3.63) is 54.0 Å². The molecule has 7 heteroatoms. The van der Waals surface area contributed by atoms with Crippen LogP contribution in [0.1, 0.15) is 30.9 Å². The van der Waals surface area contributed by atoms with Gasteiger partial charge in [-0.25, -0.2) is 9.50 Å². The summed E-state index contributed by atoms with van der Waals surface area (Å²) in [5, 5.41) is 14.0. The first-order valence-electron chi connectivity index (χ1n) is 11.1. The van der Waals surface area contributed by atoms with Crippen LogP contribution in [0.25, 0.3) is 22.3 Å². The summed E-state index contributed by atoms with van der Waals surface area (Å²) in [4.78, 5) is 11.2. The van der Waals surface area contributed by atoms with Crippen LogP contribution in [0.5, 0.6) is 0 Å². The molecule has 1 unspecified atom stereocenters. The van der Waals surface area contributed by atoms with Crippen molar-refractivity contribution in [2.75, 3.05) is 25.0 Å². The smallest absolute Gasteiger partial charge is 0.128 e. The molecule has 5 rings (SSSR count). The topological polar surface area (TPSA) is 95.6 Å². The summed E-state index contributed by atoms with van der Waals surface area (Å²) in [6.07, 6.45) is 11.4. The van der Waals surface area contributed by atoms with Gasteiger partial charge in [0.15, 0.2) is 0 Å². The molecule has 4 heterocycles. The van der Waals surface area contributed by atoms with Crippen molar-refractivity contribution in [1.29, 1.82) is 5.26 Å². The van der Waals surface area contributed by atoms with Gasteiger partial charge in [0.2, 0.25) is 0 Å². The molecule has 2 fully saturated rings. The standard InChI is InChI=1S/C25H27N7/c1-16-7-18-13-31(14-19(18)8-16)24-4-3-17(11-29-24)22-9-20(23(27)5-6-28-2)15-32-25(22)21(10-26)12-30-32/h3-6,9,11-12,15-16,18-19H,7-8,13-14,27H2,1-2H3/t16?,18-,19+. The van der Waals surface area contributed by atoms with E-state index in [1.165, 1.54) is 12.8 Å². The minimum Gasteiger partial charge on any atom is -0.398 e. The summed E-state index contributed by atoms with van der Waals surface area (Å²) in [6.45, 7) is 4.57. The van der Waals surface area contributed by atoms with Crippen molar-refractivity contribution in [3.8, 4) is 17.2 Å². The van der Waals surface area contributed by atoms with Crippen LogP contribution in [0.4, 0.5) is 5.82 Å². The fourth-order valence-corrected chi connectivity index (χ4v) is 5.35. The number of nitriles is 1. The lowest BCUT2D eigenvalue weighted by Gasteiger charge is -2.19. The number of aromatic nitrogens is 3. The molecule has 2 N–H and O–H groups in total. The molecule has 1 saturated carbocycles. The zero-order valence-electron chi connectivity index (χ0n) is 18.4. The Hall–Kier alpha value is -3.66. The number of rotatable bonds is 4. The van der Waals surface area contributed by atoms with Crippen LogP contribution in [-0.4, -0.2) is 40.9 Å². The molecule has 0 radical (unpaired) electrons. The predicted molar refractivity (Wildman–Crippen MR) is 127 cm³/mol. The van der Waals surface area contributed by atoms with E-state index in [1.807, 2.05) is 18.5 Å². The molecule has 3 atom stereocenters. The molecule has 0 spiro atoms. The molecule has 0 aromatic carbocycles. The Balaban J connectivity index is 1.51. The lowest BCUT2D eigenvalue weighted by Crippen LogP contribution is -2.22. The molecule has 0 bridgehead atoms. The van der Waals surface area contributed by atoms with Crippen LogP contribution in [-0.2, 0) is 0 Å². The molecule has 1 aliphatic carbocycles. The van der Waals surface area contributed by atoms with E-state index >= 15 is 0 Å². The quantitative estimate of drug-likeness (QED) is 0.642. The van der Waals surface area contributed by atoms with Gasteiger partial charge in [0.05, 0.1) is 17.3 Å².